The molecule has 0 unspecified atom stereocenters. The van der Waals surface area contributed by atoms with Crippen LogP contribution in [0.3, 0.4) is 0 Å². The van der Waals surface area contributed by atoms with E-state index in [0.717, 1.165) is 17.7 Å². The van der Waals surface area contributed by atoms with Gasteiger partial charge in [0, 0.05) is 18.7 Å². The number of hydrogen-bond donors (Lipinski definition) is 0. The minimum absolute atomic E-state index is 0.0583. The first-order chi connectivity index (χ1) is 9.70. The zero-order valence-corrected chi connectivity index (χ0v) is 11.6. The zero-order valence-electron chi connectivity index (χ0n) is 11.6. The van der Waals surface area contributed by atoms with Crippen molar-refractivity contribution < 1.29 is 9.18 Å². The van der Waals surface area contributed by atoms with E-state index in [4.69, 9.17) is 0 Å². The van der Waals surface area contributed by atoms with Crippen LogP contribution in [0.25, 0.3) is 0 Å². The molecule has 0 atom stereocenters. The summed E-state index contributed by atoms with van der Waals surface area (Å²) in [7, 11) is 0. The summed E-state index contributed by atoms with van der Waals surface area (Å²) in [5.41, 5.74) is 1.89. The number of carbonyl (C=O) groups excluding carboxylic acids is 1. The number of carbonyl (C=O) groups is 1. The Balaban J connectivity index is 2.00. The molecule has 0 saturated heterocycles. The first kappa shape index (κ1) is 14.3. The Morgan fingerprint density at radius 3 is 2.30 bits per heavy atom. The summed E-state index contributed by atoms with van der Waals surface area (Å²) in [6.07, 6.45) is 1.17. The molecule has 2 aromatic carbocycles. The summed E-state index contributed by atoms with van der Waals surface area (Å²) < 4.78 is 12.9. The van der Waals surface area contributed by atoms with Gasteiger partial charge in [-0.1, -0.05) is 30.3 Å². The lowest BCUT2D eigenvalue weighted by Gasteiger charge is -2.21. The van der Waals surface area contributed by atoms with Crippen molar-refractivity contribution in [3.8, 4) is 0 Å². The molecule has 0 aliphatic heterocycles. The highest BCUT2D eigenvalue weighted by molar-refractivity contribution is 5.93. The monoisotopic (exact) mass is 271 g/mol. The number of nitrogens with zero attached hydrogens (tertiary/aromatic N) is 1. The summed E-state index contributed by atoms with van der Waals surface area (Å²) in [6.45, 7) is 2.50. The van der Waals surface area contributed by atoms with Gasteiger partial charge in [0.05, 0.1) is 0 Å². The lowest BCUT2D eigenvalue weighted by atomic mass is 10.1. The molecule has 2 nitrogen and oxygen atoms in total. The van der Waals surface area contributed by atoms with Crippen molar-refractivity contribution in [3.63, 3.8) is 0 Å². The highest BCUT2D eigenvalue weighted by atomic mass is 19.1. The second-order valence-corrected chi connectivity index (χ2v) is 4.60. The lowest BCUT2D eigenvalue weighted by molar-refractivity contribution is -0.118. The number of rotatable bonds is 5. The average Bonchev–Trinajstić information content (AvgIpc) is 2.49. The Kier molecular flexibility index (Phi) is 4.88. The fourth-order valence-corrected chi connectivity index (χ4v) is 2.15. The smallest absolute Gasteiger partial charge is 0.227 e. The molecule has 0 heterocycles. The predicted molar refractivity (Wildman–Crippen MR) is 79.2 cm³/mol. The van der Waals surface area contributed by atoms with E-state index in [2.05, 4.69) is 0 Å². The van der Waals surface area contributed by atoms with Crippen molar-refractivity contribution in [1.29, 1.82) is 0 Å². The van der Waals surface area contributed by atoms with E-state index in [1.54, 1.807) is 17.0 Å². The summed E-state index contributed by atoms with van der Waals surface area (Å²) in [4.78, 5) is 13.9. The summed E-state index contributed by atoms with van der Waals surface area (Å²) in [5, 5.41) is 0. The van der Waals surface area contributed by atoms with Crippen LogP contribution in [-0.4, -0.2) is 12.5 Å². The number of hydrogen-bond acceptors (Lipinski definition) is 1. The van der Waals surface area contributed by atoms with Crippen LogP contribution in [0.2, 0.25) is 0 Å². The molecule has 0 N–H and O–H groups in total. The molecule has 0 radical (unpaired) electrons. The van der Waals surface area contributed by atoms with Crippen LogP contribution in [0, 0.1) is 5.82 Å². The van der Waals surface area contributed by atoms with Crippen molar-refractivity contribution in [1.82, 2.24) is 0 Å². The maximum absolute atomic E-state index is 12.9. The van der Waals surface area contributed by atoms with Gasteiger partial charge in [-0.2, -0.15) is 0 Å². The molecule has 1 amide bonds. The first-order valence-electron chi connectivity index (χ1n) is 6.80. The van der Waals surface area contributed by atoms with Gasteiger partial charge < -0.3 is 4.90 Å². The zero-order chi connectivity index (χ0) is 14.4. The Hall–Kier alpha value is -2.16. The fourth-order valence-electron chi connectivity index (χ4n) is 2.15. The van der Waals surface area contributed by atoms with Crippen LogP contribution in [0.15, 0.2) is 54.6 Å². The minimum Gasteiger partial charge on any atom is -0.313 e. The second-order valence-electron chi connectivity index (χ2n) is 4.60. The van der Waals surface area contributed by atoms with Crippen LogP contribution in [0.5, 0.6) is 0 Å². The van der Waals surface area contributed by atoms with E-state index in [1.165, 1.54) is 12.1 Å². The SMILES string of the molecule is CCN(C(=O)CCc1ccccc1)c1ccc(F)cc1. The molecule has 0 spiro atoms. The normalized spacial score (nSPS) is 10.3. The largest absolute Gasteiger partial charge is 0.313 e. The molecule has 0 fully saturated rings. The van der Waals surface area contributed by atoms with E-state index in [-0.39, 0.29) is 11.7 Å². The maximum Gasteiger partial charge on any atom is 0.227 e. The van der Waals surface area contributed by atoms with Crippen LogP contribution >= 0.6 is 0 Å². The lowest BCUT2D eigenvalue weighted by Crippen LogP contribution is -2.30. The maximum atomic E-state index is 12.9. The molecule has 3 heteroatoms. The topological polar surface area (TPSA) is 20.3 Å². The molecule has 20 heavy (non-hydrogen) atoms. The molecule has 0 saturated carbocycles. The van der Waals surface area contributed by atoms with E-state index in [9.17, 15) is 9.18 Å². The molecule has 0 aromatic heterocycles. The molecular weight excluding hydrogens is 253 g/mol. The van der Waals surface area contributed by atoms with Gasteiger partial charge in [-0.25, -0.2) is 4.39 Å². The minimum atomic E-state index is -0.290. The summed E-state index contributed by atoms with van der Waals surface area (Å²) >= 11 is 0. The van der Waals surface area contributed by atoms with Crippen molar-refractivity contribution in [2.24, 2.45) is 0 Å². The number of halogens is 1. The van der Waals surface area contributed by atoms with Crippen LogP contribution in [0.1, 0.15) is 18.9 Å². The van der Waals surface area contributed by atoms with Gasteiger partial charge in [0.2, 0.25) is 5.91 Å². The van der Waals surface area contributed by atoms with Gasteiger partial charge in [0.25, 0.3) is 0 Å². The molecular formula is C17H18FNO. The number of benzene rings is 2. The van der Waals surface area contributed by atoms with Gasteiger partial charge in [-0.15, -0.1) is 0 Å². The fraction of sp³-hybridized carbons (Fsp3) is 0.235. The van der Waals surface area contributed by atoms with Gasteiger partial charge in [-0.05, 0) is 43.2 Å². The summed E-state index contributed by atoms with van der Waals surface area (Å²) in [6, 6.07) is 16.0. The van der Waals surface area contributed by atoms with Gasteiger partial charge >= 0.3 is 0 Å². The highest BCUT2D eigenvalue weighted by Gasteiger charge is 2.13. The van der Waals surface area contributed by atoms with E-state index >= 15 is 0 Å². The standard InChI is InChI=1S/C17H18FNO/c1-2-19(16-11-9-15(18)10-12-16)17(20)13-8-14-6-4-3-5-7-14/h3-7,9-12H,2,8,13H2,1H3. The quantitative estimate of drug-likeness (QED) is 0.809. The number of amides is 1. The third kappa shape index (κ3) is 3.67. The molecule has 0 aliphatic rings. The average molecular weight is 271 g/mol. The number of aryl methyl sites for hydroxylation is 1. The van der Waals surface area contributed by atoms with Crippen molar-refractivity contribution in [2.45, 2.75) is 19.8 Å². The predicted octanol–water partition coefficient (Wildman–Crippen LogP) is 3.81. The van der Waals surface area contributed by atoms with Crippen LogP contribution < -0.4 is 4.90 Å². The van der Waals surface area contributed by atoms with Gasteiger partial charge in [-0.3, -0.25) is 4.79 Å². The van der Waals surface area contributed by atoms with Crippen molar-refractivity contribution >= 4 is 11.6 Å². The van der Waals surface area contributed by atoms with Gasteiger partial charge in [0.1, 0.15) is 5.82 Å². The molecule has 0 bridgehead atoms. The Labute approximate surface area is 118 Å². The molecule has 104 valence electrons. The van der Waals surface area contributed by atoms with Crippen molar-refractivity contribution in [2.75, 3.05) is 11.4 Å². The van der Waals surface area contributed by atoms with Crippen molar-refractivity contribution in [3.05, 3.63) is 66.0 Å². The first-order valence-corrected chi connectivity index (χ1v) is 6.80. The van der Waals surface area contributed by atoms with Crippen LogP contribution in [-0.2, 0) is 11.2 Å². The van der Waals surface area contributed by atoms with Crippen LogP contribution in [0.4, 0.5) is 10.1 Å². The van der Waals surface area contributed by atoms with E-state index in [1.807, 2.05) is 37.3 Å². The third-order valence-corrected chi connectivity index (χ3v) is 3.23. The Bertz CT molecular complexity index is 551. The number of anilines is 1. The van der Waals surface area contributed by atoms with Gasteiger partial charge in [0.15, 0.2) is 0 Å². The molecule has 2 rings (SSSR count). The van der Waals surface area contributed by atoms with E-state index in [0.29, 0.717) is 13.0 Å². The second kappa shape index (κ2) is 6.85. The molecule has 2 aromatic rings. The Morgan fingerprint density at radius 1 is 1.05 bits per heavy atom. The van der Waals surface area contributed by atoms with E-state index < -0.39 is 0 Å². The summed E-state index contributed by atoms with van der Waals surface area (Å²) in [5.74, 6) is -0.232. The highest BCUT2D eigenvalue weighted by Crippen LogP contribution is 2.16. The molecule has 0 aliphatic carbocycles. The Morgan fingerprint density at radius 2 is 1.70 bits per heavy atom. The third-order valence-electron chi connectivity index (χ3n) is 3.23.